The summed E-state index contributed by atoms with van der Waals surface area (Å²) in [5, 5.41) is 3.69. The Morgan fingerprint density at radius 3 is 2.23 bits per heavy atom. The number of nitrogen functional groups attached to an aromatic ring is 1. The van der Waals surface area contributed by atoms with Gasteiger partial charge in [0.2, 0.25) is 0 Å². The third-order valence-electron chi connectivity index (χ3n) is 4.85. The van der Waals surface area contributed by atoms with Crippen LogP contribution in [0.5, 0.6) is 11.5 Å². The molecule has 0 atom stereocenters. The molecule has 0 radical (unpaired) electrons. The molecule has 3 N–H and O–H groups in total. The molecule has 8 heteroatoms. The van der Waals surface area contributed by atoms with E-state index in [1.54, 1.807) is 0 Å². The molecule has 164 valence electrons. The number of hydrogen-bond donors (Lipinski definition) is 2. The van der Waals surface area contributed by atoms with Crippen molar-refractivity contribution in [1.29, 1.82) is 0 Å². The van der Waals surface area contributed by atoms with Gasteiger partial charge in [-0.1, -0.05) is 11.6 Å². The molecule has 2 heterocycles. The summed E-state index contributed by atoms with van der Waals surface area (Å²) in [6.45, 7) is 10.9. The summed E-state index contributed by atoms with van der Waals surface area (Å²) in [4.78, 5) is 10.6. The molecule has 1 aliphatic rings. The summed E-state index contributed by atoms with van der Waals surface area (Å²) >= 11 is 5.99. The van der Waals surface area contributed by atoms with Crippen LogP contribution in [0.15, 0.2) is 24.5 Å². The minimum atomic E-state index is 0.122. The molecule has 7 nitrogen and oxygen atoms in total. The molecule has 2 aromatic rings. The highest BCUT2D eigenvalue weighted by Crippen LogP contribution is 2.28. The normalized spacial score (nSPS) is 15.6. The average molecular weight is 434 g/mol. The molecule has 1 aromatic carbocycles. The summed E-state index contributed by atoms with van der Waals surface area (Å²) in [7, 11) is 0. The molecule has 0 spiro atoms. The van der Waals surface area contributed by atoms with Crippen LogP contribution in [0.4, 0.5) is 11.5 Å². The Kier molecular flexibility index (Phi) is 7.61. The first-order chi connectivity index (χ1) is 14.3. The van der Waals surface area contributed by atoms with Crippen LogP contribution < -0.4 is 20.5 Å². The predicted molar refractivity (Wildman–Crippen MR) is 121 cm³/mol. The lowest BCUT2D eigenvalue weighted by molar-refractivity contribution is 0.207. The summed E-state index contributed by atoms with van der Waals surface area (Å²) in [6, 6.07) is 6.50. The third kappa shape index (κ3) is 6.37. The van der Waals surface area contributed by atoms with Crippen LogP contribution in [0.25, 0.3) is 0 Å². The monoisotopic (exact) mass is 433 g/mol. The molecule has 0 saturated carbocycles. The minimum Gasteiger partial charge on any atom is -0.491 e. The van der Waals surface area contributed by atoms with Crippen LogP contribution in [0.2, 0.25) is 5.15 Å². The molecule has 1 aliphatic heterocycles. The summed E-state index contributed by atoms with van der Waals surface area (Å²) in [5.74, 6) is 2.32. The largest absolute Gasteiger partial charge is 0.491 e. The van der Waals surface area contributed by atoms with Crippen LogP contribution in [0, 0.1) is 0 Å². The van der Waals surface area contributed by atoms with Crippen LogP contribution in [0.3, 0.4) is 0 Å². The summed E-state index contributed by atoms with van der Waals surface area (Å²) < 4.78 is 11.9. The Morgan fingerprint density at radius 2 is 1.67 bits per heavy atom. The first-order valence-corrected chi connectivity index (χ1v) is 10.9. The Bertz CT molecular complexity index is 810. The van der Waals surface area contributed by atoms with Crippen molar-refractivity contribution < 1.29 is 9.47 Å². The molecule has 1 saturated heterocycles. The zero-order valence-corrected chi connectivity index (χ0v) is 18.9. The Hall–Kier alpha value is -2.25. The van der Waals surface area contributed by atoms with E-state index in [1.807, 2.05) is 33.8 Å². The van der Waals surface area contributed by atoms with Crippen molar-refractivity contribution in [3.8, 4) is 11.5 Å². The van der Waals surface area contributed by atoms with Crippen molar-refractivity contribution in [2.24, 2.45) is 0 Å². The standard InChI is InChI=1S/C22H32ClN5O2/c1-14(2)29-18-9-16(10-19(11-18)30-15(3)4)12-28-7-5-17(6-8-28)27-22-20(24)21(23)25-13-26-22/h9-11,13-15,17H,5-8,12,24H2,1-4H3,(H,25,26,27). The van der Waals surface area contributed by atoms with Crippen molar-refractivity contribution in [2.45, 2.75) is 65.3 Å². The van der Waals surface area contributed by atoms with Gasteiger partial charge < -0.3 is 20.5 Å². The number of nitrogens with two attached hydrogens (primary N) is 1. The van der Waals surface area contributed by atoms with Crippen LogP contribution in [0.1, 0.15) is 46.1 Å². The zero-order valence-electron chi connectivity index (χ0n) is 18.2. The molecular weight excluding hydrogens is 402 g/mol. The van der Waals surface area contributed by atoms with Gasteiger partial charge in [-0.2, -0.15) is 0 Å². The van der Waals surface area contributed by atoms with Crippen molar-refractivity contribution in [2.75, 3.05) is 24.1 Å². The Morgan fingerprint density at radius 1 is 1.07 bits per heavy atom. The van der Waals surface area contributed by atoms with Crippen LogP contribution in [-0.4, -0.2) is 46.2 Å². The van der Waals surface area contributed by atoms with Gasteiger partial charge in [0.15, 0.2) is 11.0 Å². The second-order valence-electron chi connectivity index (χ2n) is 8.27. The second kappa shape index (κ2) is 10.2. The van der Waals surface area contributed by atoms with E-state index in [-0.39, 0.29) is 17.4 Å². The fourth-order valence-electron chi connectivity index (χ4n) is 3.58. The SMILES string of the molecule is CC(C)Oc1cc(CN2CCC(Nc3ncnc(Cl)c3N)CC2)cc(OC(C)C)c1. The number of nitrogens with one attached hydrogen (secondary N) is 1. The number of rotatable bonds is 8. The number of halogens is 1. The lowest BCUT2D eigenvalue weighted by Crippen LogP contribution is -2.39. The predicted octanol–water partition coefficient (Wildman–Crippen LogP) is 4.36. The maximum atomic E-state index is 5.99. The third-order valence-corrected chi connectivity index (χ3v) is 5.15. The summed E-state index contributed by atoms with van der Waals surface area (Å²) in [6.07, 6.45) is 3.67. The first-order valence-electron chi connectivity index (χ1n) is 10.5. The maximum absolute atomic E-state index is 5.99. The quantitative estimate of drug-likeness (QED) is 0.598. The molecule has 0 aliphatic carbocycles. The number of piperidine rings is 1. The lowest BCUT2D eigenvalue weighted by atomic mass is 10.0. The topological polar surface area (TPSA) is 85.5 Å². The van der Waals surface area contributed by atoms with E-state index >= 15 is 0 Å². The highest BCUT2D eigenvalue weighted by molar-refractivity contribution is 6.32. The van der Waals surface area contributed by atoms with Gasteiger partial charge in [0.1, 0.15) is 23.5 Å². The van der Waals surface area contributed by atoms with Gasteiger partial charge in [0, 0.05) is 31.7 Å². The second-order valence-corrected chi connectivity index (χ2v) is 8.63. The van der Waals surface area contributed by atoms with Crippen molar-refractivity contribution >= 4 is 23.1 Å². The molecule has 30 heavy (non-hydrogen) atoms. The first kappa shape index (κ1) is 22.4. The average Bonchev–Trinajstić information content (AvgIpc) is 2.66. The highest BCUT2D eigenvalue weighted by Gasteiger charge is 2.21. The van der Waals surface area contributed by atoms with E-state index in [0.717, 1.165) is 44.0 Å². The van der Waals surface area contributed by atoms with Crippen molar-refractivity contribution in [1.82, 2.24) is 14.9 Å². The minimum absolute atomic E-state index is 0.122. The fourth-order valence-corrected chi connectivity index (χ4v) is 3.71. The van der Waals surface area contributed by atoms with Crippen LogP contribution >= 0.6 is 11.6 Å². The molecule has 0 bridgehead atoms. The Balaban J connectivity index is 1.60. The Labute approximate surface area is 183 Å². The molecule has 0 amide bonds. The number of anilines is 2. The number of hydrogen-bond acceptors (Lipinski definition) is 7. The van der Waals surface area contributed by atoms with Crippen LogP contribution in [-0.2, 0) is 6.54 Å². The van der Waals surface area contributed by atoms with Crippen molar-refractivity contribution in [3.05, 3.63) is 35.2 Å². The van der Waals surface area contributed by atoms with Crippen molar-refractivity contribution in [3.63, 3.8) is 0 Å². The van der Waals surface area contributed by atoms with Gasteiger partial charge in [-0.15, -0.1) is 0 Å². The smallest absolute Gasteiger partial charge is 0.157 e. The summed E-state index contributed by atoms with van der Waals surface area (Å²) in [5.41, 5.74) is 7.57. The number of ether oxygens (including phenoxy) is 2. The molecule has 0 unspecified atom stereocenters. The molecule has 3 rings (SSSR count). The zero-order chi connectivity index (χ0) is 21.7. The van der Waals surface area contributed by atoms with Gasteiger partial charge in [-0.05, 0) is 58.2 Å². The van der Waals surface area contributed by atoms with Gasteiger partial charge in [-0.25, -0.2) is 9.97 Å². The number of aromatic nitrogens is 2. The van der Waals surface area contributed by atoms with E-state index in [4.69, 9.17) is 26.8 Å². The van der Waals surface area contributed by atoms with Gasteiger partial charge in [0.05, 0.1) is 12.2 Å². The van der Waals surface area contributed by atoms with E-state index < -0.39 is 0 Å². The van der Waals surface area contributed by atoms with E-state index in [2.05, 4.69) is 32.3 Å². The fraction of sp³-hybridized carbons (Fsp3) is 0.545. The molecular formula is C22H32ClN5O2. The number of benzene rings is 1. The number of nitrogens with zero attached hydrogens (tertiary/aromatic N) is 3. The maximum Gasteiger partial charge on any atom is 0.157 e. The van der Waals surface area contributed by atoms with E-state index in [1.165, 1.54) is 11.9 Å². The van der Waals surface area contributed by atoms with E-state index in [0.29, 0.717) is 17.5 Å². The van der Waals surface area contributed by atoms with Gasteiger partial charge in [0.25, 0.3) is 0 Å². The lowest BCUT2D eigenvalue weighted by Gasteiger charge is -2.33. The number of likely N-dealkylation sites (tertiary alicyclic amines) is 1. The van der Waals surface area contributed by atoms with Gasteiger partial charge in [-0.3, -0.25) is 4.90 Å². The molecule has 1 aromatic heterocycles. The van der Waals surface area contributed by atoms with E-state index in [9.17, 15) is 0 Å². The highest BCUT2D eigenvalue weighted by atomic mass is 35.5. The van der Waals surface area contributed by atoms with Gasteiger partial charge >= 0.3 is 0 Å². The molecule has 1 fully saturated rings.